The number of fused-ring (bicyclic) bond motifs is 3. The Hall–Kier alpha value is -2.43. The summed E-state index contributed by atoms with van der Waals surface area (Å²) in [7, 11) is 0. The van der Waals surface area contributed by atoms with Crippen LogP contribution in [0.5, 0.6) is 0 Å². The van der Waals surface area contributed by atoms with Crippen molar-refractivity contribution in [2.24, 2.45) is 0 Å². The molecule has 2 heterocycles. The molecule has 1 aromatic carbocycles. The van der Waals surface area contributed by atoms with E-state index in [9.17, 15) is 4.79 Å². The van der Waals surface area contributed by atoms with Crippen molar-refractivity contribution < 1.29 is 9.90 Å². The number of rotatable bonds is 2. The van der Waals surface area contributed by atoms with Gasteiger partial charge in [-0.25, -0.2) is 0 Å². The molecule has 3 aromatic rings. The van der Waals surface area contributed by atoms with Gasteiger partial charge in [0, 0.05) is 5.39 Å². The van der Waals surface area contributed by atoms with E-state index in [0.29, 0.717) is 11.5 Å². The Kier molecular flexibility index (Phi) is 2.48. The maximum atomic E-state index is 10.9. The third-order valence-corrected chi connectivity index (χ3v) is 3.30. The third-order valence-electron chi connectivity index (χ3n) is 3.30. The Morgan fingerprint density at radius 2 is 2.05 bits per heavy atom. The highest BCUT2D eigenvalue weighted by molar-refractivity contribution is 5.88. The summed E-state index contributed by atoms with van der Waals surface area (Å²) in [6.45, 7) is 4.03. The fraction of sp³-hybridized carbons (Fsp3) is 0.214. The maximum Gasteiger partial charge on any atom is 0.311 e. The normalized spacial score (nSPS) is 11.3. The van der Waals surface area contributed by atoms with E-state index in [1.807, 2.05) is 42.5 Å². The van der Waals surface area contributed by atoms with E-state index in [1.165, 1.54) is 0 Å². The van der Waals surface area contributed by atoms with Crippen molar-refractivity contribution in [3.63, 3.8) is 0 Å². The number of hydrogen-bond acceptors (Lipinski definition) is 3. The molecule has 3 rings (SSSR count). The van der Waals surface area contributed by atoms with Crippen LogP contribution in [0.15, 0.2) is 24.3 Å². The van der Waals surface area contributed by atoms with Crippen molar-refractivity contribution in [1.82, 2.24) is 14.6 Å². The molecular weight excluding hydrogens is 242 g/mol. The highest BCUT2D eigenvalue weighted by Crippen LogP contribution is 2.24. The maximum absolute atomic E-state index is 10.9. The predicted molar refractivity (Wildman–Crippen MR) is 71.3 cm³/mol. The van der Waals surface area contributed by atoms with Gasteiger partial charge >= 0.3 is 5.97 Å². The zero-order chi connectivity index (χ0) is 13.6. The summed E-state index contributed by atoms with van der Waals surface area (Å²) >= 11 is 0. The van der Waals surface area contributed by atoms with E-state index in [-0.39, 0.29) is 6.42 Å². The lowest BCUT2D eigenvalue weighted by Crippen LogP contribution is -2.06. The highest BCUT2D eigenvalue weighted by Gasteiger charge is 2.14. The summed E-state index contributed by atoms with van der Waals surface area (Å²) in [4.78, 5) is 10.9. The van der Waals surface area contributed by atoms with Gasteiger partial charge in [0.2, 0.25) is 0 Å². The van der Waals surface area contributed by atoms with E-state index in [1.54, 1.807) is 0 Å². The number of aromatic nitrogens is 3. The first-order valence-corrected chi connectivity index (χ1v) is 6.02. The number of para-hydroxylation sites is 1. The van der Waals surface area contributed by atoms with Crippen LogP contribution in [-0.4, -0.2) is 25.7 Å². The molecule has 0 bridgehead atoms. The van der Waals surface area contributed by atoms with Crippen molar-refractivity contribution in [3.05, 3.63) is 41.2 Å². The number of carbonyl (C=O) groups is 1. The fourth-order valence-corrected chi connectivity index (χ4v) is 2.46. The summed E-state index contributed by atoms with van der Waals surface area (Å²) in [6.07, 6.45) is -0.131. The lowest BCUT2D eigenvalue weighted by atomic mass is 10.1. The molecule has 0 saturated heterocycles. The van der Waals surface area contributed by atoms with Gasteiger partial charge in [0.25, 0.3) is 0 Å². The second-order valence-corrected chi connectivity index (χ2v) is 4.68. The largest absolute Gasteiger partial charge is 0.481 e. The van der Waals surface area contributed by atoms with Gasteiger partial charge in [-0.2, -0.15) is 0 Å². The summed E-state index contributed by atoms with van der Waals surface area (Å²) in [5.41, 5.74) is 3.87. The molecule has 0 amide bonds. The van der Waals surface area contributed by atoms with Crippen LogP contribution in [0.1, 0.15) is 17.0 Å². The van der Waals surface area contributed by atoms with E-state index in [0.717, 1.165) is 22.0 Å². The molecule has 0 unspecified atom stereocenters. The zero-order valence-electron chi connectivity index (χ0n) is 10.7. The number of hydrogen-bond donors (Lipinski definition) is 1. The molecule has 0 fully saturated rings. The molecule has 5 heteroatoms. The van der Waals surface area contributed by atoms with Gasteiger partial charge in [0.1, 0.15) is 12.2 Å². The second kappa shape index (κ2) is 4.05. The van der Waals surface area contributed by atoms with Crippen molar-refractivity contribution >= 4 is 22.5 Å². The first-order valence-electron chi connectivity index (χ1n) is 6.02. The summed E-state index contributed by atoms with van der Waals surface area (Å²) in [6, 6.07) is 7.96. The zero-order valence-corrected chi connectivity index (χ0v) is 10.7. The molecule has 0 saturated carbocycles. The molecule has 0 aliphatic heterocycles. The average Bonchev–Trinajstić information content (AvgIpc) is 2.72. The summed E-state index contributed by atoms with van der Waals surface area (Å²) in [5.74, 6) is -0.446. The van der Waals surface area contributed by atoms with E-state index < -0.39 is 5.97 Å². The van der Waals surface area contributed by atoms with Gasteiger partial charge in [0.15, 0.2) is 5.65 Å². The standard InChI is InChI=1S/C14H13N3O2/c1-8-4-3-5-10-9(2)6-11-15-16-12(7-13(18)19)17(11)14(8)10/h3-6H,7H2,1-2H3,(H,18,19). The lowest BCUT2D eigenvalue weighted by molar-refractivity contribution is -0.136. The van der Waals surface area contributed by atoms with Crippen LogP contribution in [0.3, 0.4) is 0 Å². The van der Waals surface area contributed by atoms with Gasteiger partial charge < -0.3 is 5.11 Å². The Morgan fingerprint density at radius 1 is 1.26 bits per heavy atom. The second-order valence-electron chi connectivity index (χ2n) is 4.68. The smallest absolute Gasteiger partial charge is 0.311 e. The minimum atomic E-state index is -0.906. The number of nitrogens with zero attached hydrogens (tertiary/aromatic N) is 3. The van der Waals surface area contributed by atoms with Crippen LogP contribution in [0.25, 0.3) is 16.6 Å². The highest BCUT2D eigenvalue weighted by atomic mass is 16.4. The molecule has 0 radical (unpaired) electrons. The number of carboxylic acid groups (broad SMARTS) is 1. The molecule has 96 valence electrons. The van der Waals surface area contributed by atoms with Crippen LogP contribution in [0.4, 0.5) is 0 Å². The molecule has 1 N–H and O–H groups in total. The number of benzene rings is 1. The Balaban J connectivity index is 2.48. The van der Waals surface area contributed by atoms with E-state index in [4.69, 9.17) is 5.11 Å². The van der Waals surface area contributed by atoms with E-state index >= 15 is 0 Å². The molecule has 0 aliphatic rings. The topological polar surface area (TPSA) is 67.5 Å². The quantitative estimate of drug-likeness (QED) is 0.761. The van der Waals surface area contributed by atoms with Crippen LogP contribution in [0.2, 0.25) is 0 Å². The first kappa shape index (κ1) is 11.6. The van der Waals surface area contributed by atoms with Crippen LogP contribution >= 0.6 is 0 Å². The molecule has 19 heavy (non-hydrogen) atoms. The van der Waals surface area contributed by atoms with Gasteiger partial charge in [-0.05, 0) is 31.0 Å². The monoisotopic (exact) mass is 255 g/mol. The minimum Gasteiger partial charge on any atom is -0.481 e. The molecule has 2 aromatic heterocycles. The van der Waals surface area contributed by atoms with Gasteiger partial charge in [-0.15, -0.1) is 10.2 Å². The van der Waals surface area contributed by atoms with Crippen LogP contribution in [-0.2, 0) is 11.2 Å². The van der Waals surface area contributed by atoms with Gasteiger partial charge in [-0.1, -0.05) is 18.2 Å². The molecule has 5 nitrogen and oxygen atoms in total. The number of pyridine rings is 1. The number of aliphatic carboxylic acids is 1. The molecular formula is C14H13N3O2. The number of carboxylic acids is 1. The first-order chi connectivity index (χ1) is 9.08. The molecule has 0 atom stereocenters. The summed E-state index contributed by atoms with van der Waals surface area (Å²) in [5, 5.41) is 18.1. The minimum absolute atomic E-state index is 0.131. The van der Waals surface area contributed by atoms with Gasteiger partial charge in [-0.3, -0.25) is 9.20 Å². The van der Waals surface area contributed by atoms with Crippen molar-refractivity contribution in [1.29, 1.82) is 0 Å². The Labute approximate surface area is 109 Å². The van der Waals surface area contributed by atoms with Crippen LogP contribution in [0, 0.1) is 13.8 Å². The van der Waals surface area contributed by atoms with E-state index in [2.05, 4.69) is 10.2 Å². The fourth-order valence-electron chi connectivity index (χ4n) is 2.46. The van der Waals surface area contributed by atoms with Crippen molar-refractivity contribution in [2.75, 3.05) is 0 Å². The van der Waals surface area contributed by atoms with Crippen molar-refractivity contribution in [2.45, 2.75) is 20.3 Å². The molecule has 0 aliphatic carbocycles. The van der Waals surface area contributed by atoms with Crippen LogP contribution < -0.4 is 0 Å². The molecule has 0 spiro atoms. The Morgan fingerprint density at radius 3 is 2.79 bits per heavy atom. The predicted octanol–water partition coefficient (Wildman–Crippen LogP) is 2.13. The summed E-state index contributed by atoms with van der Waals surface area (Å²) < 4.78 is 1.84. The Bertz CT molecular complexity index is 805. The SMILES string of the molecule is Cc1cc2nnc(CC(=O)O)n2c2c(C)cccc12. The lowest BCUT2D eigenvalue weighted by Gasteiger charge is -2.09. The average molecular weight is 255 g/mol. The van der Waals surface area contributed by atoms with Crippen molar-refractivity contribution in [3.8, 4) is 0 Å². The number of aryl methyl sites for hydroxylation is 2. The van der Waals surface area contributed by atoms with Gasteiger partial charge in [0.05, 0.1) is 5.52 Å². The third kappa shape index (κ3) is 1.74.